The van der Waals surface area contributed by atoms with E-state index < -0.39 is 16.7 Å². The van der Waals surface area contributed by atoms with Gasteiger partial charge in [0.25, 0.3) is 5.91 Å². The van der Waals surface area contributed by atoms with Gasteiger partial charge in [-0.05, 0) is 48.9 Å². The molecule has 190 valence electrons. The molecular weight excluding hydrogens is 574 g/mol. The van der Waals surface area contributed by atoms with Gasteiger partial charge in [-0.25, -0.2) is 5.06 Å². The average Bonchev–Trinajstić information content (AvgIpc) is 3.39. The van der Waals surface area contributed by atoms with Gasteiger partial charge in [-0.2, -0.15) is 0 Å². The van der Waals surface area contributed by atoms with E-state index in [2.05, 4.69) is 20.9 Å². The minimum absolute atomic E-state index is 0.0588. The zero-order valence-electron chi connectivity index (χ0n) is 20.2. The molecule has 5 rings (SSSR count). The normalized spacial score (nSPS) is 19.5. The number of carbonyl (C=O) groups is 2. The van der Waals surface area contributed by atoms with Crippen LogP contribution in [0.1, 0.15) is 29.2 Å². The number of nitrogens with zero attached hydrogens (tertiary/aromatic N) is 2. The number of nitrogens with one attached hydrogen (secondary N) is 1. The van der Waals surface area contributed by atoms with Crippen molar-refractivity contribution in [2.24, 2.45) is 0 Å². The second kappa shape index (κ2) is 10.2. The summed E-state index contributed by atoms with van der Waals surface area (Å²) in [6, 6.07) is 20.5. The number of aromatic amines is 1. The number of hydroxylamine groups is 2. The molecule has 2 amide bonds. The fourth-order valence-corrected chi connectivity index (χ4v) is 6.88. The lowest BCUT2D eigenvalue weighted by Gasteiger charge is -2.37. The summed E-state index contributed by atoms with van der Waals surface area (Å²) < 4.78 is -0.365. The molecule has 9 heteroatoms. The summed E-state index contributed by atoms with van der Waals surface area (Å²) in [5.41, 5.74) is 3.63. The molecule has 0 aliphatic carbocycles. The Morgan fingerprint density at radius 2 is 1.89 bits per heavy atom. The lowest BCUT2D eigenvalue weighted by molar-refractivity contribution is -0.163. The Labute approximate surface area is 232 Å². The summed E-state index contributed by atoms with van der Waals surface area (Å²) in [4.78, 5) is 33.5. The molecule has 2 atom stereocenters. The number of fused-ring (bicyclic) bond motifs is 1. The smallest absolute Gasteiger partial charge is 0.265 e. The Hall–Kier alpha value is -2.78. The molecule has 0 saturated carbocycles. The van der Waals surface area contributed by atoms with Gasteiger partial charge in [-0.1, -0.05) is 63.4 Å². The van der Waals surface area contributed by atoms with Crippen LogP contribution in [0.25, 0.3) is 10.9 Å². The molecule has 2 unspecified atom stereocenters. The van der Waals surface area contributed by atoms with Crippen molar-refractivity contribution in [2.75, 3.05) is 7.05 Å². The number of hydrogen-bond donors (Lipinski definition) is 2. The van der Waals surface area contributed by atoms with Gasteiger partial charge in [0.05, 0.1) is 12.5 Å². The minimum Gasteiger partial charge on any atom is -0.361 e. The Kier molecular flexibility index (Phi) is 7.11. The summed E-state index contributed by atoms with van der Waals surface area (Å²) in [7, 11) is 1.31. The number of aromatic nitrogens is 1. The number of rotatable bonds is 6. The van der Waals surface area contributed by atoms with Gasteiger partial charge in [0.1, 0.15) is 4.75 Å². The van der Waals surface area contributed by atoms with Crippen LogP contribution in [0, 0.1) is 6.92 Å². The lowest BCUT2D eigenvalue weighted by atomic mass is 9.91. The Bertz CT molecular complexity index is 1470. The topological polar surface area (TPSA) is 76.6 Å². The van der Waals surface area contributed by atoms with E-state index in [9.17, 15) is 14.8 Å². The van der Waals surface area contributed by atoms with E-state index >= 15 is 0 Å². The van der Waals surface area contributed by atoms with Crippen LogP contribution in [0.4, 0.5) is 0 Å². The Balaban J connectivity index is 1.70. The van der Waals surface area contributed by atoms with Crippen LogP contribution in [0.5, 0.6) is 0 Å². The molecule has 2 N–H and O–H groups in total. The SMILES string of the molecule is Cc1ccc(SC2(C(=O)N(C)O)CC(=O)N(Cc3ccc(Br)cc3)C2c2c[nH]c3cc(Cl)ccc23)cc1. The van der Waals surface area contributed by atoms with Crippen LogP contribution in [-0.2, 0) is 16.1 Å². The fraction of sp³-hybridized carbons (Fsp3) is 0.214. The molecule has 6 nitrogen and oxygen atoms in total. The summed E-state index contributed by atoms with van der Waals surface area (Å²) in [5.74, 6) is -0.691. The second-order valence-corrected chi connectivity index (χ2v) is 12.1. The fourth-order valence-electron chi connectivity index (χ4n) is 4.97. The molecule has 37 heavy (non-hydrogen) atoms. The first-order valence-electron chi connectivity index (χ1n) is 11.7. The van der Waals surface area contributed by atoms with Crippen molar-refractivity contribution in [1.29, 1.82) is 0 Å². The monoisotopic (exact) mass is 597 g/mol. The van der Waals surface area contributed by atoms with Gasteiger partial charge in [-0.3, -0.25) is 14.8 Å². The van der Waals surface area contributed by atoms with E-state index in [1.165, 1.54) is 18.8 Å². The summed E-state index contributed by atoms with van der Waals surface area (Å²) in [6.45, 7) is 2.31. The highest BCUT2D eigenvalue weighted by molar-refractivity contribution is 9.10. The standard InChI is InChI=1S/C28H25BrClN3O3S/c1-17-3-10-21(11-4-17)37-28(27(35)32(2)36)14-25(34)33(16-18-5-7-19(29)8-6-18)26(28)23-15-31-24-13-20(30)9-12-22(23)24/h3-13,15,26,31,36H,14,16H2,1-2H3. The first-order chi connectivity index (χ1) is 17.7. The molecule has 1 aliphatic heterocycles. The first kappa shape index (κ1) is 25.9. The van der Waals surface area contributed by atoms with Crippen molar-refractivity contribution in [2.45, 2.75) is 35.6 Å². The van der Waals surface area contributed by atoms with Crippen molar-refractivity contribution in [3.05, 3.63) is 99.1 Å². The molecule has 0 spiro atoms. The Morgan fingerprint density at radius 1 is 1.19 bits per heavy atom. The summed E-state index contributed by atoms with van der Waals surface area (Å²) in [6.07, 6.45) is 1.78. The molecule has 4 aromatic rings. The van der Waals surface area contributed by atoms with Gasteiger partial charge in [0.2, 0.25) is 5.91 Å². The highest BCUT2D eigenvalue weighted by atomic mass is 79.9. The highest BCUT2D eigenvalue weighted by Crippen LogP contribution is 2.54. The van der Waals surface area contributed by atoms with Crippen molar-refractivity contribution < 1.29 is 14.8 Å². The zero-order chi connectivity index (χ0) is 26.3. The largest absolute Gasteiger partial charge is 0.361 e. The number of aryl methyl sites for hydroxylation is 1. The number of hydrogen-bond acceptors (Lipinski definition) is 4. The first-order valence-corrected chi connectivity index (χ1v) is 13.7. The van der Waals surface area contributed by atoms with E-state index in [0.29, 0.717) is 16.6 Å². The number of likely N-dealkylation sites (tertiary alicyclic amines) is 1. The van der Waals surface area contributed by atoms with Crippen LogP contribution in [-0.4, -0.2) is 43.8 Å². The van der Waals surface area contributed by atoms with Crippen molar-refractivity contribution in [3.8, 4) is 0 Å². The molecule has 0 radical (unpaired) electrons. The van der Waals surface area contributed by atoms with E-state index in [1.54, 1.807) is 11.0 Å². The number of carbonyl (C=O) groups excluding carboxylic acids is 2. The quantitative estimate of drug-likeness (QED) is 0.190. The maximum Gasteiger partial charge on any atom is 0.265 e. The summed E-state index contributed by atoms with van der Waals surface area (Å²) in [5, 5.41) is 12.5. The maximum atomic E-state index is 13.9. The van der Waals surface area contributed by atoms with Gasteiger partial charge >= 0.3 is 0 Å². The average molecular weight is 599 g/mol. The number of benzene rings is 3. The third kappa shape index (κ3) is 4.91. The molecule has 1 saturated heterocycles. The molecule has 0 bridgehead atoms. The van der Waals surface area contributed by atoms with E-state index in [1.807, 2.05) is 73.8 Å². The number of thioether (sulfide) groups is 1. The second-order valence-electron chi connectivity index (χ2n) is 9.29. The van der Waals surface area contributed by atoms with Gasteiger partial charge in [-0.15, -0.1) is 11.8 Å². The van der Waals surface area contributed by atoms with Crippen LogP contribution < -0.4 is 0 Å². The number of halogens is 2. The maximum absolute atomic E-state index is 13.9. The van der Waals surface area contributed by atoms with Gasteiger partial charge < -0.3 is 9.88 Å². The van der Waals surface area contributed by atoms with E-state index in [4.69, 9.17) is 11.6 Å². The van der Waals surface area contributed by atoms with Gasteiger partial charge in [0.15, 0.2) is 0 Å². The Morgan fingerprint density at radius 3 is 2.57 bits per heavy atom. The van der Waals surface area contributed by atoms with Crippen LogP contribution in [0.15, 0.2) is 82.3 Å². The third-order valence-electron chi connectivity index (χ3n) is 6.70. The van der Waals surface area contributed by atoms with Gasteiger partial charge in [0, 0.05) is 50.6 Å². The van der Waals surface area contributed by atoms with E-state index in [-0.39, 0.29) is 12.3 Å². The van der Waals surface area contributed by atoms with Crippen LogP contribution >= 0.6 is 39.3 Å². The third-order valence-corrected chi connectivity index (χ3v) is 8.88. The van der Waals surface area contributed by atoms with Crippen molar-refractivity contribution in [1.82, 2.24) is 14.9 Å². The van der Waals surface area contributed by atoms with E-state index in [0.717, 1.165) is 37.0 Å². The molecular formula is C28H25BrClN3O3S. The minimum atomic E-state index is -1.31. The highest BCUT2D eigenvalue weighted by Gasteiger charge is 2.59. The van der Waals surface area contributed by atoms with Crippen molar-refractivity contribution >= 4 is 62.0 Å². The molecule has 1 fully saturated rings. The molecule has 1 aromatic heterocycles. The van der Waals surface area contributed by atoms with Crippen LogP contribution in [0.3, 0.4) is 0 Å². The predicted molar refractivity (Wildman–Crippen MR) is 150 cm³/mol. The van der Waals surface area contributed by atoms with Crippen molar-refractivity contribution in [3.63, 3.8) is 0 Å². The predicted octanol–water partition coefficient (Wildman–Crippen LogP) is 6.74. The lowest BCUT2D eigenvalue weighted by Crippen LogP contribution is -2.47. The number of H-pyrrole nitrogens is 1. The zero-order valence-corrected chi connectivity index (χ0v) is 23.4. The number of amides is 2. The summed E-state index contributed by atoms with van der Waals surface area (Å²) >= 11 is 11.0. The van der Waals surface area contributed by atoms with Crippen LogP contribution in [0.2, 0.25) is 5.02 Å². The molecule has 2 heterocycles. The molecule has 3 aromatic carbocycles. The molecule has 1 aliphatic rings.